The van der Waals surface area contributed by atoms with Crippen molar-refractivity contribution in [2.45, 2.75) is 98.0 Å². The van der Waals surface area contributed by atoms with Crippen molar-refractivity contribution in [1.82, 2.24) is 0 Å². The number of hydrogen-bond acceptors (Lipinski definition) is 3. The predicted octanol–water partition coefficient (Wildman–Crippen LogP) is 7.10. The SMILES string of the molecule is C=CC.CC/C=C(\C)CCC(Oc1cc2c(cc1CCCCCC)CCC2=O)C(=O)O. The van der Waals surface area contributed by atoms with Crippen LogP contribution in [0.1, 0.15) is 101 Å². The zero-order valence-electron chi connectivity index (χ0n) is 19.8. The molecule has 0 aromatic heterocycles. The van der Waals surface area contributed by atoms with E-state index in [1.54, 1.807) is 12.1 Å². The summed E-state index contributed by atoms with van der Waals surface area (Å²) in [6.45, 7) is 11.5. The molecule has 4 heteroatoms. The summed E-state index contributed by atoms with van der Waals surface area (Å²) in [4.78, 5) is 23.9. The first-order valence-electron chi connectivity index (χ1n) is 11.7. The number of aryl methyl sites for hydroxylation is 2. The van der Waals surface area contributed by atoms with Gasteiger partial charge in [0.05, 0.1) is 0 Å². The smallest absolute Gasteiger partial charge is 0.344 e. The molecule has 1 aromatic rings. The van der Waals surface area contributed by atoms with Crippen molar-refractivity contribution in [3.8, 4) is 5.75 Å². The molecule has 0 saturated carbocycles. The molecule has 0 heterocycles. The first kappa shape index (κ1) is 26.7. The molecular weight excluding hydrogens is 388 g/mol. The molecule has 1 aliphatic carbocycles. The molecule has 0 aliphatic heterocycles. The highest BCUT2D eigenvalue weighted by Crippen LogP contribution is 2.32. The van der Waals surface area contributed by atoms with E-state index >= 15 is 0 Å². The number of aliphatic carboxylic acids is 1. The molecule has 1 atom stereocenters. The molecule has 0 amide bonds. The summed E-state index contributed by atoms with van der Waals surface area (Å²) >= 11 is 0. The molecule has 2 rings (SSSR count). The molecule has 0 bridgehead atoms. The van der Waals surface area contributed by atoms with Crippen LogP contribution in [0.15, 0.2) is 36.4 Å². The Balaban J connectivity index is 0.00000151. The molecular formula is C27H40O4. The lowest BCUT2D eigenvalue weighted by Crippen LogP contribution is -2.27. The van der Waals surface area contributed by atoms with Crippen LogP contribution in [0.2, 0.25) is 0 Å². The second kappa shape index (κ2) is 14.6. The number of hydrogen-bond donors (Lipinski definition) is 1. The van der Waals surface area contributed by atoms with Gasteiger partial charge in [0.1, 0.15) is 5.75 Å². The third kappa shape index (κ3) is 9.12. The van der Waals surface area contributed by atoms with Crippen LogP contribution in [0, 0.1) is 0 Å². The van der Waals surface area contributed by atoms with Crippen LogP contribution in [-0.4, -0.2) is 23.0 Å². The van der Waals surface area contributed by atoms with Gasteiger partial charge in [-0.25, -0.2) is 4.79 Å². The number of ketones is 1. The summed E-state index contributed by atoms with van der Waals surface area (Å²) in [7, 11) is 0. The summed E-state index contributed by atoms with van der Waals surface area (Å²) in [5.41, 5.74) is 4.01. The summed E-state index contributed by atoms with van der Waals surface area (Å²) < 4.78 is 5.99. The second-order valence-electron chi connectivity index (χ2n) is 8.20. The fourth-order valence-electron chi connectivity index (χ4n) is 3.77. The van der Waals surface area contributed by atoms with E-state index in [0.717, 1.165) is 43.2 Å². The van der Waals surface area contributed by atoms with Crippen LogP contribution in [0.3, 0.4) is 0 Å². The van der Waals surface area contributed by atoms with Crippen molar-refractivity contribution in [3.63, 3.8) is 0 Å². The number of Topliss-reactive ketones (excluding diaryl/α,β-unsaturated/α-hetero) is 1. The Morgan fingerprint density at radius 3 is 2.55 bits per heavy atom. The third-order valence-corrected chi connectivity index (χ3v) is 5.41. The van der Waals surface area contributed by atoms with Crippen molar-refractivity contribution < 1.29 is 19.4 Å². The lowest BCUT2D eigenvalue weighted by atomic mass is 9.99. The lowest BCUT2D eigenvalue weighted by molar-refractivity contribution is -0.145. The minimum absolute atomic E-state index is 0.131. The minimum Gasteiger partial charge on any atom is -0.479 e. The number of allylic oxidation sites excluding steroid dienone is 3. The van der Waals surface area contributed by atoms with E-state index in [4.69, 9.17) is 4.74 Å². The fraction of sp³-hybridized carbons (Fsp3) is 0.556. The lowest BCUT2D eigenvalue weighted by Gasteiger charge is -2.19. The van der Waals surface area contributed by atoms with E-state index in [1.165, 1.54) is 18.4 Å². The maximum absolute atomic E-state index is 12.2. The first-order valence-corrected chi connectivity index (χ1v) is 11.7. The Labute approximate surface area is 188 Å². The molecule has 1 unspecified atom stereocenters. The van der Waals surface area contributed by atoms with Crippen molar-refractivity contribution in [1.29, 1.82) is 0 Å². The number of ether oxygens (including phenoxy) is 1. The zero-order chi connectivity index (χ0) is 23.2. The molecule has 4 nitrogen and oxygen atoms in total. The molecule has 172 valence electrons. The number of carbonyl (C=O) groups excluding carboxylic acids is 1. The highest BCUT2D eigenvalue weighted by atomic mass is 16.5. The predicted molar refractivity (Wildman–Crippen MR) is 128 cm³/mol. The summed E-state index contributed by atoms with van der Waals surface area (Å²) in [6, 6.07) is 3.87. The van der Waals surface area contributed by atoms with E-state index < -0.39 is 12.1 Å². The van der Waals surface area contributed by atoms with Gasteiger partial charge in [-0.1, -0.05) is 56.9 Å². The van der Waals surface area contributed by atoms with Gasteiger partial charge in [-0.15, -0.1) is 6.58 Å². The molecule has 1 aliphatic rings. The maximum atomic E-state index is 12.2. The van der Waals surface area contributed by atoms with Crippen molar-refractivity contribution in [2.75, 3.05) is 0 Å². The zero-order valence-corrected chi connectivity index (χ0v) is 19.8. The number of carboxylic acids is 1. The van der Waals surface area contributed by atoms with Gasteiger partial charge in [-0.3, -0.25) is 4.79 Å². The van der Waals surface area contributed by atoms with Crippen LogP contribution in [0.5, 0.6) is 5.75 Å². The number of carboxylic acid groups (broad SMARTS) is 1. The van der Waals surface area contributed by atoms with E-state index in [0.29, 0.717) is 30.6 Å². The Bertz CT molecular complexity index is 761. The third-order valence-electron chi connectivity index (χ3n) is 5.41. The van der Waals surface area contributed by atoms with Crippen LogP contribution in [0.25, 0.3) is 0 Å². The van der Waals surface area contributed by atoms with Crippen molar-refractivity contribution >= 4 is 11.8 Å². The Hall–Kier alpha value is -2.36. The first-order chi connectivity index (χ1) is 14.9. The molecule has 1 N–H and O–H groups in total. The van der Waals surface area contributed by atoms with Gasteiger partial charge in [-0.2, -0.15) is 0 Å². The van der Waals surface area contributed by atoms with Crippen LogP contribution in [0.4, 0.5) is 0 Å². The number of fused-ring (bicyclic) bond motifs is 1. The Morgan fingerprint density at radius 2 is 1.94 bits per heavy atom. The van der Waals surface area contributed by atoms with Crippen molar-refractivity contribution in [2.24, 2.45) is 0 Å². The van der Waals surface area contributed by atoms with Gasteiger partial charge >= 0.3 is 5.97 Å². The number of benzene rings is 1. The van der Waals surface area contributed by atoms with Gasteiger partial charge in [0, 0.05) is 12.0 Å². The average molecular weight is 429 g/mol. The topological polar surface area (TPSA) is 63.6 Å². The molecule has 31 heavy (non-hydrogen) atoms. The van der Waals surface area contributed by atoms with Crippen molar-refractivity contribution in [3.05, 3.63) is 53.1 Å². The summed E-state index contributed by atoms with van der Waals surface area (Å²) in [5, 5.41) is 9.65. The van der Waals surface area contributed by atoms with E-state index in [1.807, 2.05) is 13.8 Å². The molecule has 0 spiro atoms. The van der Waals surface area contributed by atoms with E-state index in [2.05, 4.69) is 32.6 Å². The van der Waals surface area contributed by atoms with Gasteiger partial charge in [0.15, 0.2) is 11.9 Å². The summed E-state index contributed by atoms with van der Waals surface area (Å²) in [6.07, 6.45) is 11.8. The average Bonchev–Trinajstić information content (AvgIpc) is 3.08. The molecule has 1 aromatic carbocycles. The fourth-order valence-corrected chi connectivity index (χ4v) is 3.77. The molecule has 0 saturated heterocycles. The van der Waals surface area contributed by atoms with Crippen LogP contribution >= 0.6 is 0 Å². The monoisotopic (exact) mass is 428 g/mol. The highest BCUT2D eigenvalue weighted by molar-refractivity contribution is 6.01. The van der Waals surface area contributed by atoms with Gasteiger partial charge < -0.3 is 9.84 Å². The van der Waals surface area contributed by atoms with Crippen LogP contribution in [-0.2, 0) is 17.6 Å². The normalized spacial score (nSPS) is 13.8. The summed E-state index contributed by atoms with van der Waals surface area (Å²) in [5.74, 6) is -0.242. The standard InChI is InChI=1S/C24H34O4.C3H6/c1-4-6-7-8-10-19-15-18-12-13-21(25)20(18)16-23(19)28-22(24(26)27)14-11-17(3)9-5-2;1-3-2/h9,15-16,22H,4-8,10-14H2,1-3H3,(H,26,27);3H,1H2,2H3/b17-9+;. The Morgan fingerprint density at radius 1 is 1.23 bits per heavy atom. The second-order valence-corrected chi connectivity index (χ2v) is 8.20. The van der Waals surface area contributed by atoms with Gasteiger partial charge in [0.2, 0.25) is 0 Å². The Kier molecular flexibility index (Phi) is 12.6. The number of unbranched alkanes of at least 4 members (excludes halogenated alkanes) is 3. The maximum Gasteiger partial charge on any atom is 0.344 e. The quantitative estimate of drug-likeness (QED) is 0.285. The van der Waals surface area contributed by atoms with Crippen LogP contribution < -0.4 is 4.74 Å². The number of carbonyl (C=O) groups is 2. The van der Waals surface area contributed by atoms with E-state index in [9.17, 15) is 14.7 Å². The van der Waals surface area contributed by atoms with Gasteiger partial charge in [0.25, 0.3) is 0 Å². The van der Waals surface area contributed by atoms with E-state index in [-0.39, 0.29) is 5.78 Å². The minimum atomic E-state index is -0.951. The van der Waals surface area contributed by atoms with Gasteiger partial charge in [-0.05, 0) is 69.6 Å². The molecule has 0 fully saturated rings. The molecule has 0 radical (unpaired) electrons. The number of rotatable bonds is 12. The highest BCUT2D eigenvalue weighted by Gasteiger charge is 2.25. The largest absolute Gasteiger partial charge is 0.479 e.